The highest BCUT2D eigenvalue weighted by atomic mass is 32.2. The summed E-state index contributed by atoms with van der Waals surface area (Å²) in [6.45, 7) is 0. The van der Waals surface area contributed by atoms with Crippen molar-refractivity contribution in [1.82, 2.24) is 4.98 Å². The van der Waals surface area contributed by atoms with Gasteiger partial charge in [-0.1, -0.05) is 0 Å². The third-order valence-electron chi connectivity index (χ3n) is 3.55. The van der Waals surface area contributed by atoms with Crippen molar-refractivity contribution in [1.29, 1.82) is 5.26 Å². The number of aromatic nitrogens is 1. The molecule has 0 saturated heterocycles. The first-order chi connectivity index (χ1) is 13.1. The number of rotatable bonds is 5. The number of nitriles is 1. The van der Waals surface area contributed by atoms with Crippen molar-refractivity contribution < 1.29 is 26.9 Å². The van der Waals surface area contributed by atoms with Gasteiger partial charge in [-0.05, 0) is 36.4 Å². The lowest BCUT2D eigenvalue weighted by Gasteiger charge is -2.07. The van der Waals surface area contributed by atoms with E-state index in [0.717, 1.165) is 24.6 Å². The van der Waals surface area contributed by atoms with Gasteiger partial charge in [-0.15, -0.1) is 0 Å². The van der Waals surface area contributed by atoms with Gasteiger partial charge in [0.25, 0.3) is 0 Å². The Morgan fingerprint density at radius 2 is 1.89 bits per heavy atom. The van der Waals surface area contributed by atoms with Crippen molar-refractivity contribution >= 4 is 15.5 Å². The van der Waals surface area contributed by atoms with Crippen LogP contribution in [0.15, 0.2) is 63.8 Å². The molecule has 1 heterocycles. The number of methoxy groups -OCH3 is 1. The molecule has 0 spiro atoms. The second-order valence-electron chi connectivity index (χ2n) is 5.50. The summed E-state index contributed by atoms with van der Waals surface area (Å²) in [5, 5.41) is 8.99. The number of benzene rings is 1. The highest BCUT2D eigenvalue weighted by molar-refractivity contribution is 7.92. The lowest BCUT2D eigenvalue weighted by molar-refractivity contribution is -0.137. The van der Waals surface area contributed by atoms with Crippen LogP contribution in [-0.2, 0) is 15.9 Å². The minimum absolute atomic E-state index is 0.194. The molecule has 0 bridgehead atoms. The van der Waals surface area contributed by atoms with E-state index < -0.39 is 27.3 Å². The van der Waals surface area contributed by atoms with Gasteiger partial charge in [0.1, 0.15) is 22.4 Å². The van der Waals surface area contributed by atoms with E-state index in [2.05, 4.69) is 9.35 Å². The van der Waals surface area contributed by atoms with Crippen molar-refractivity contribution in [2.45, 2.75) is 11.2 Å². The second-order valence-corrected chi connectivity index (χ2v) is 7.74. The van der Waals surface area contributed by atoms with Gasteiger partial charge in [-0.3, -0.25) is 4.79 Å². The van der Waals surface area contributed by atoms with Gasteiger partial charge in [-0.25, -0.2) is 13.6 Å². The SMILES string of the molecule is COc1ccc(C(=O)C(C#N)=CN=S(C)(=O)c2ccc(C(F)(F)F)cn2)cc1. The van der Waals surface area contributed by atoms with Gasteiger partial charge < -0.3 is 4.74 Å². The summed E-state index contributed by atoms with van der Waals surface area (Å²) in [7, 11) is -1.80. The number of allylic oxidation sites excluding steroid dienone is 1. The quantitative estimate of drug-likeness (QED) is 0.425. The maximum absolute atomic E-state index is 12.6. The highest BCUT2D eigenvalue weighted by Gasteiger charge is 2.31. The summed E-state index contributed by atoms with van der Waals surface area (Å²) >= 11 is 0. The first-order valence-corrected chi connectivity index (χ1v) is 9.54. The minimum Gasteiger partial charge on any atom is -0.497 e. The van der Waals surface area contributed by atoms with Crippen LogP contribution in [0.5, 0.6) is 5.75 Å². The molecule has 1 unspecified atom stereocenters. The molecule has 0 aliphatic heterocycles. The number of hydrogen-bond donors (Lipinski definition) is 0. The van der Waals surface area contributed by atoms with Crippen molar-refractivity contribution in [3.05, 3.63) is 65.5 Å². The Morgan fingerprint density at radius 1 is 1.25 bits per heavy atom. The zero-order chi connectivity index (χ0) is 20.9. The largest absolute Gasteiger partial charge is 0.497 e. The second kappa shape index (κ2) is 8.22. The number of carbonyl (C=O) groups is 1. The third-order valence-corrected chi connectivity index (χ3v) is 5.08. The Labute approximate surface area is 159 Å². The first-order valence-electron chi connectivity index (χ1n) is 7.62. The number of halogens is 3. The Balaban J connectivity index is 2.34. The molecule has 28 heavy (non-hydrogen) atoms. The van der Waals surface area contributed by atoms with Crippen LogP contribution in [0, 0.1) is 11.3 Å². The number of carbonyl (C=O) groups excluding carboxylic acids is 1. The fraction of sp³-hybridized carbons (Fsp3) is 0.167. The topological polar surface area (TPSA) is 92.4 Å². The summed E-state index contributed by atoms with van der Waals surface area (Å²) in [5.74, 6) is -0.127. The maximum Gasteiger partial charge on any atom is 0.417 e. The van der Waals surface area contributed by atoms with E-state index in [1.54, 1.807) is 6.07 Å². The normalized spacial score (nSPS) is 13.9. The summed E-state index contributed by atoms with van der Waals surface area (Å²) in [6, 6.07) is 9.33. The molecule has 10 heteroatoms. The van der Waals surface area contributed by atoms with Crippen LogP contribution in [0.4, 0.5) is 13.2 Å². The molecule has 0 amide bonds. The van der Waals surface area contributed by atoms with Crippen LogP contribution in [0.25, 0.3) is 0 Å². The van der Waals surface area contributed by atoms with E-state index in [-0.39, 0.29) is 16.2 Å². The lowest BCUT2D eigenvalue weighted by Crippen LogP contribution is -2.08. The van der Waals surface area contributed by atoms with Crippen LogP contribution in [0.3, 0.4) is 0 Å². The lowest BCUT2D eigenvalue weighted by atomic mass is 10.1. The number of nitrogens with zero attached hydrogens (tertiary/aromatic N) is 3. The van der Waals surface area contributed by atoms with Gasteiger partial charge in [0.05, 0.1) is 28.6 Å². The minimum atomic E-state index is -4.57. The van der Waals surface area contributed by atoms with E-state index in [0.29, 0.717) is 11.9 Å². The maximum atomic E-state index is 12.6. The molecule has 0 aliphatic carbocycles. The third kappa shape index (κ3) is 4.95. The smallest absolute Gasteiger partial charge is 0.417 e. The molecule has 6 nitrogen and oxygen atoms in total. The Bertz CT molecular complexity index is 1060. The van der Waals surface area contributed by atoms with Crippen molar-refractivity contribution in [3.63, 3.8) is 0 Å². The summed E-state index contributed by atoms with van der Waals surface area (Å²) in [5.41, 5.74) is -1.18. The van der Waals surface area contributed by atoms with Crippen molar-refractivity contribution in [2.24, 2.45) is 4.36 Å². The number of alkyl halides is 3. The zero-order valence-corrected chi connectivity index (χ0v) is 15.5. The molecule has 1 aromatic carbocycles. The van der Waals surface area contributed by atoms with Crippen molar-refractivity contribution in [3.8, 4) is 11.8 Å². The van der Waals surface area contributed by atoms with Gasteiger partial charge >= 0.3 is 6.18 Å². The molecular weight excluding hydrogens is 395 g/mol. The van der Waals surface area contributed by atoms with Gasteiger partial charge in [0.2, 0.25) is 5.78 Å². The fourth-order valence-corrected chi connectivity index (χ4v) is 3.00. The summed E-state index contributed by atoms with van der Waals surface area (Å²) in [4.78, 5) is 15.9. The predicted molar refractivity (Wildman–Crippen MR) is 95.0 cm³/mol. The van der Waals surface area contributed by atoms with E-state index in [1.807, 2.05) is 0 Å². The standard InChI is InChI=1S/C18H14F3N3O3S/c1-27-15-6-3-12(4-7-15)17(25)13(9-22)10-24-28(2,26)16-8-5-14(11-23-16)18(19,20)21/h3-8,10-11H,1-2H3. The molecule has 0 saturated carbocycles. The number of pyridine rings is 1. The number of Topliss-reactive ketones (excluding diaryl/α,β-unsaturated/α-hetero) is 1. The summed E-state index contributed by atoms with van der Waals surface area (Å²) < 4.78 is 59.1. The Morgan fingerprint density at radius 3 is 2.36 bits per heavy atom. The number of ether oxygens (including phenoxy) is 1. The molecular formula is C18H14F3N3O3S. The van der Waals surface area contributed by atoms with E-state index in [9.17, 15) is 27.4 Å². The molecule has 0 N–H and O–H groups in total. The van der Waals surface area contributed by atoms with E-state index in [1.165, 1.54) is 31.4 Å². The van der Waals surface area contributed by atoms with Crippen LogP contribution >= 0.6 is 0 Å². The van der Waals surface area contributed by atoms with E-state index >= 15 is 0 Å². The molecule has 0 radical (unpaired) electrons. The zero-order valence-electron chi connectivity index (χ0n) is 14.7. The molecule has 2 aromatic rings. The summed E-state index contributed by atoms with van der Waals surface area (Å²) in [6.07, 6.45) is -2.04. The fourth-order valence-electron chi connectivity index (χ4n) is 2.02. The predicted octanol–water partition coefficient (Wildman–Crippen LogP) is 3.86. The Kier molecular flexibility index (Phi) is 6.20. The monoisotopic (exact) mass is 409 g/mol. The number of hydrogen-bond acceptors (Lipinski definition) is 6. The highest BCUT2D eigenvalue weighted by Crippen LogP contribution is 2.29. The molecule has 146 valence electrons. The molecule has 1 aromatic heterocycles. The molecule has 0 aliphatic rings. The van der Waals surface area contributed by atoms with Crippen LogP contribution in [-0.4, -0.2) is 28.3 Å². The van der Waals surface area contributed by atoms with Gasteiger partial charge in [-0.2, -0.15) is 18.4 Å². The van der Waals surface area contributed by atoms with E-state index in [4.69, 9.17) is 4.74 Å². The van der Waals surface area contributed by atoms with Gasteiger partial charge in [0.15, 0.2) is 0 Å². The Hall–Kier alpha value is -3.19. The van der Waals surface area contributed by atoms with Crippen LogP contribution in [0.1, 0.15) is 15.9 Å². The van der Waals surface area contributed by atoms with Gasteiger partial charge in [0, 0.05) is 18.0 Å². The van der Waals surface area contributed by atoms with Crippen molar-refractivity contribution in [2.75, 3.05) is 13.4 Å². The van der Waals surface area contributed by atoms with Crippen LogP contribution in [0.2, 0.25) is 0 Å². The average Bonchev–Trinajstić information content (AvgIpc) is 2.67. The number of ketones is 1. The molecule has 1 atom stereocenters. The van der Waals surface area contributed by atoms with Crippen LogP contribution < -0.4 is 4.74 Å². The first kappa shape index (κ1) is 21.1. The molecule has 2 rings (SSSR count). The average molecular weight is 409 g/mol. The molecule has 0 fully saturated rings.